The molecule has 0 radical (unpaired) electrons. The van der Waals surface area contributed by atoms with Gasteiger partial charge in [-0.05, 0) is 6.92 Å². The fourth-order valence-electron chi connectivity index (χ4n) is 5.12. The fraction of sp³-hybridized carbons (Fsp3) is 0.857. The largest absolute Gasteiger partial charge is 0.394 e. The molecule has 21 nitrogen and oxygen atoms in total. The van der Waals surface area contributed by atoms with Gasteiger partial charge in [-0.15, -0.1) is 5.43 Å². The van der Waals surface area contributed by atoms with Crippen LogP contribution in [0.1, 0.15) is 6.92 Å². The van der Waals surface area contributed by atoms with Crippen molar-refractivity contribution < 1.29 is 64.4 Å². The Bertz CT molecular complexity index is 1030. The molecule has 15 atom stereocenters. The second-order valence-electron chi connectivity index (χ2n) is 10.2. The number of rotatable bonds is 10. The average molecular weight is 612 g/mol. The lowest BCUT2D eigenvalue weighted by Gasteiger charge is -2.45. The van der Waals surface area contributed by atoms with Crippen molar-refractivity contribution in [2.45, 2.75) is 98.2 Å². The molecular formula is C21H39N8O13+. The normalized spacial score (nSPS) is 45.5. The molecule has 0 spiro atoms. The summed E-state index contributed by atoms with van der Waals surface area (Å²) < 4.78 is 22.8. The number of hydrogen-bond donors (Lipinski definition) is 12. The summed E-state index contributed by atoms with van der Waals surface area (Å²) in [5.74, 6) is -1.09. The number of aliphatic hydroxyl groups excluding tert-OH is 6. The van der Waals surface area contributed by atoms with E-state index in [4.69, 9.17) is 41.9 Å². The molecule has 15 unspecified atom stereocenters. The van der Waals surface area contributed by atoms with Crippen LogP contribution in [0.4, 0.5) is 0 Å². The Hall–Kier alpha value is -2.83. The molecule has 21 heteroatoms. The number of aliphatic hydroxyl groups is 7. The lowest BCUT2D eigenvalue weighted by Crippen LogP contribution is -2.67. The third kappa shape index (κ3) is 6.55. The van der Waals surface area contributed by atoms with Gasteiger partial charge in [0.15, 0.2) is 42.4 Å². The van der Waals surface area contributed by atoms with E-state index >= 15 is 0 Å². The molecule has 16 N–H and O–H groups in total. The van der Waals surface area contributed by atoms with Crippen LogP contribution in [0.15, 0.2) is 9.98 Å². The number of nitrogens with zero attached hydrogens (tertiary/aromatic N) is 3. The van der Waals surface area contributed by atoms with Gasteiger partial charge in [-0.25, -0.2) is 9.98 Å². The van der Waals surface area contributed by atoms with Crippen LogP contribution < -0.4 is 28.4 Å². The molecule has 240 valence electrons. The average Bonchev–Trinajstić information content (AvgIpc) is 3.15. The van der Waals surface area contributed by atoms with Crippen molar-refractivity contribution in [1.82, 2.24) is 5.43 Å². The number of aliphatic imine (C=N–C) groups is 2. The zero-order valence-corrected chi connectivity index (χ0v) is 22.6. The highest BCUT2D eigenvalue weighted by atomic mass is 16.8. The van der Waals surface area contributed by atoms with Gasteiger partial charge in [0.25, 0.3) is 0 Å². The molecule has 1 saturated carbocycles. The molecule has 0 amide bonds. The minimum Gasteiger partial charge on any atom is -0.394 e. The third-order valence-electron chi connectivity index (χ3n) is 7.33. The van der Waals surface area contributed by atoms with Crippen LogP contribution in [0.3, 0.4) is 0 Å². The molecule has 42 heavy (non-hydrogen) atoms. The van der Waals surface area contributed by atoms with Crippen LogP contribution in [-0.2, 0) is 23.7 Å². The van der Waals surface area contributed by atoms with Crippen molar-refractivity contribution in [3.63, 3.8) is 0 Å². The van der Waals surface area contributed by atoms with E-state index in [9.17, 15) is 45.4 Å². The molecule has 0 bridgehead atoms. The van der Waals surface area contributed by atoms with Crippen LogP contribution in [-0.4, -0.2) is 164 Å². The van der Waals surface area contributed by atoms with Gasteiger partial charge < -0.3 is 77.6 Å². The fourth-order valence-corrected chi connectivity index (χ4v) is 5.12. The molecular weight excluding hydrogens is 572 g/mol. The predicted molar refractivity (Wildman–Crippen MR) is 137 cm³/mol. The van der Waals surface area contributed by atoms with Crippen molar-refractivity contribution in [2.24, 2.45) is 32.9 Å². The van der Waals surface area contributed by atoms with E-state index in [1.54, 1.807) is 0 Å². The number of carbonyl (C=O) groups excluding carboxylic acids is 1. The zero-order chi connectivity index (χ0) is 31.7. The SMILES string of the molecule is CC1OC(OC2C(O)C(O)C(N=C(N)N)C(O)C2N=C(N)N)C(OC2OC(CO)C(O)C(O)C2N[N+](C)=O)C1(O)C=O. The molecule has 0 aromatic heterocycles. The smallest absolute Gasteiger partial charge is 0.215 e. The number of ether oxygens (including phenoxy) is 4. The monoisotopic (exact) mass is 611 g/mol. The standard InChI is InChI=1S/C21H39N8O13/c1-5-21(37,4-31)16(42-17-9(28-29(2)38)13(35)10(32)6(3-30)40-17)18(39-5)41-15-8(27-20(24)25)11(33)7(26-19(22)23)12(34)14(15)36/h4-18,30,32-37H,3H2,1-2H3,(H,28,38)(H4,22,23,26)(H4,24,25,27)/q+1. The Kier molecular flexibility index (Phi) is 10.6. The quantitative estimate of drug-likeness (QED) is 0.0358. The highest BCUT2D eigenvalue weighted by Gasteiger charge is 2.61. The molecule has 0 aromatic carbocycles. The first kappa shape index (κ1) is 33.7. The first-order valence-electron chi connectivity index (χ1n) is 12.7. The molecule has 3 aliphatic rings. The predicted octanol–water partition coefficient (Wildman–Crippen LogP) is -8.47. The number of hydrazine groups is 1. The first-order chi connectivity index (χ1) is 19.6. The Balaban J connectivity index is 1.99. The Labute approximate surface area is 238 Å². The first-order valence-corrected chi connectivity index (χ1v) is 12.7. The van der Waals surface area contributed by atoms with Gasteiger partial charge in [0.05, 0.1) is 17.6 Å². The maximum atomic E-state index is 12.1. The molecule has 0 aromatic rings. The number of guanidine groups is 2. The summed E-state index contributed by atoms with van der Waals surface area (Å²) in [5.41, 5.74) is 21.5. The van der Waals surface area contributed by atoms with Crippen LogP contribution >= 0.6 is 0 Å². The Morgan fingerprint density at radius 3 is 2.05 bits per heavy atom. The van der Waals surface area contributed by atoms with Gasteiger partial charge in [0.1, 0.15) is 65.8 Å². The summed E-state index contributed by atoms with van der Waals surface area (Å²) in [5, 5.41) is 74.2. The van der Waals surface area contributed by atoms with Crippen molar-refractivity contribution in [3.8, 4) is 0 Å². The number of nitroso groups, excluding NO2 is 1. The van der Waals surface area contributed by atoms with Gasteiger partial charge in [-0.1, -0.05) is 0 Å². The minimum absolute atomic E-state index is 0.0781. The molecule has 1 aliphatic carbocycles. The van der Waals surface area contributed by atoms with E-state index in [2.05, 4.69) is 15.4 Å². The molecule has 2 heterocycles. The lowest BCUT2D eigenvalue weighted by molar-refractivity contribution is -0.595. The van der Waals surface area contributed by atoms with Crippen LogP contribution in [0.2, 0.25) is 0 Å². The van der Waals surface area contributed by atoms with E-state index in [1.807, 2.05) is 0 Å². The summed E-state index contributed by atoms with van der Waals surface area (Å²) in [4.78, 5) is 31.6. The highest BCUT2D eigenvalue weighted by molar-refractivity contribution is 5.76. The number of nitrogens with one attached hydrogen (secondary N) is 1. The summed E-state index contributed by atoms with van der Waals surface area (Å²) in [6.45, 7) is 0.476. The summed E-state index contributed by atoms with van der Waals surface area (Å²) in [7, 11) is 1.02. The van der Waals surface area contributed by atoms with Crippen LogP contribution in [0.25, 0.3) is 0 Å². The Morgan fingerprint density at radius 2 is 1.52 bits per heavy atom. The van der Waals surface area contributed by atoms with E-state index in [1.165, 1.54) is 6.92 Å². The second-order valence-corrected chi connectivity index (χ2v) is 10.2. The molecule has 2 aliphatic heterocycles. The molecule has 3 fully saturated rings. The van der Waals surface area contributed by atoms with E-state index < -0.39 is 110 Å². The summed E-state index contributed by atoms with van der Waals surface area (Å²) in [6.07, 6.45) is -18.7. The van der Waals surface area contributed by atoms with Gasteiger partial charge >= 0.3 is 0 Å². The van der Waals surface area contributed by atoms with E-state index in [0.717, 1.165) is 7.05 Å². The highest BCUT2D eigenvalue weighted by Crippen LogP contribution is 2.38. The van der Waals surface area contributed by atoms with Crippen molar-refractivity contribution in [2.75, 3.05) is 13.7 Å². The minimum atomic E-state index is -2.49. The van der Waals surface area contributed by atoms with Crippen LogP contribution in [0, 0.1) is 4.91 Å². The number of hydrogen-bond acceptors (Lipinski definition) is 15. The zero-order valence-electron chi connectivity index (χ0n) is 22.6. The Morgan fingerprint density at radius 1 is 0.929 bits per heavy atom. The summed E-state index contributed by atoms with van der Waals surface area (Å²) in [6, 6.07) is -4.57. The van der Waals surface area contributed by atoms with E-state index in [-0.39, 0.29) is 11.2 Å². The second kappa shape index (κ2) is 13.2. The van der Waals surface area contributed by atoms with Crippen molar-refractivity contribution >= 4 is 18.2 Å². The van der Waals surface area contributed by atoms with Gasteiger partial charge in [0.2, 0.25) is 7.05 Å². The number of aldehydes is 1. The number of nitrogens with two attached hydrogens (primary N) is 4. The summed E-state index contributed by atoms with van der Waals surface area (Å²) >= 11 is 0. The van der Waals surface area contributed by atoms with Crippen LogP contribution in [0.5, 0.6) is 0 Å². The molecule has 2 saturated heterocycles. The molecule has 3 rings (SSSR count). The maximum absolute atomic E-state index is 12.1. The van der Waals surface area contributed by atoms with Gasteiger partial charge in [-0.2, -0.15) is 0 Å². The van der Waals surface area contributed by atoms with Crippen molar-refractivity contribution in [1.29, 1.82) is 0 Å². The van der Waals surface area contributed by atoms with Gasteiger partial charge in [0, 0.05) is 0 Å². The third-order valence-corrected chi connectivity index (χ3v) is 7.33. The van der Waals surface area contributed by atoms with Crippen molar-refractivity contribution in [3.05, 3.63) is 4.91 Å². The lowest BCUT2D eigenvalue weighted by atomic mass is 9.81. The van der Waals surface area contributed by atoms with E-state index in [0.29, 0.717) is 0 Å². The number of carbonyl (C=O) groups is 1. The topological polar surface area (TPSA) is 357 Å². The van der Waals surface area contributed by atoms with Gasteiger partial charge in [-0.3, -0.25) is 4.79 Å². The maximum Gasteiger partial charge on any atom is 0.215 e.